The Kier molecular flexibility index (Phi) is 3.65. The lowest BCUT2D eigenvalue weighted by molar-refractivity contribution is 0.140. The molecule has 0 radical (unpaired) electrons. The summed E-state index contributed by atoms with van der Waals surface area (Å²) in [6.07, 6.45) is 0. The number of hydrogen-bond acceptors (Lipinski definition) is 4. The Bertz CT molecular complexity index is 290. The molecule has 0 saturated carbocycles. The standard InChI is InChI=1S/C9H14O4Si/c1-11-14(12-2,13-3)9-6-4-5-8(10)7-9/h4-7,10H,1-3H3. The van der Waals surface area contributed by atoms with E-state index in [2.05, 4.69) is 0 Å². The number of phenolic OH excluding ortho intramolecular Hbond substituents is 1. The molecular formula is C9H14O4Si. The van der Waals surface area contributed by atoms with Gasteiger partial charge in [0.1, 0.15) is 5.75 Å². The number of rotatable bonds is 4. The third kappa shape index (κ3) is 1.96. The Morgan fingerprint density at radius 3 is 2.07 bits per heavy atom. The molecule has 0 unspecified atom stereocenters. The highest BCUT2D eigenvalue weighted by atomic mass is 28.4. The van der Waals surface area contributed by atoms with Crippen molar-refractivity contribution in [1.82, 2.24) is 0 Å². The van der Waals surface area contributed by atoms with E-state index in [0.717, 1.165) is 5.19 Å². The zero-order valence-corrected chi connectivity index (χ0v) is 9.48. The minimum atomic E-state index is -2.78. The third-order valence-corrected chi connectivity index (χ3v) is 4.64. The summed E-state index contributed by atoms with van der Waals surface area (Å²) in [4.78, 5) is 0. The van der Waals surface area contributed by atoms with Gasteiger partial charge < -0.3 is 18.4 Å². The molecule has 0 spiro atoms. The van der Waals surface area contributed by atoms with Crippen LogP contribution in [0.5, 0.6) is 5.75 Å². The molecule has 4 nitrogen and oxygen atoms in total. The largest absolute Gasteiger partial charge is 0.536 e. The van der Waals surface area contributed by atoms with E-state index in [1.54, 1.807) is 18.2 Å². The van der Waals surface area contributed by atoms with Crippen LogP contribution in [0, 0.1) is 0 Å². The molecule has 0 aliphatic rings. The minimum absolute atomic E-state index is 0.172. The summed E-state index contributed by atoms with van der Waals surface area (Å²) < 4.78 is 15.8. The first-order valence-corrected chi connectivity index (χ1v) is 5.86. The van der Waals surface area contributed by atoms with Gasteiger partial charge in [-0.2, -0.15) is 0 Å². The fourth-order valence-corrected chi connectivity index (χ4v) is 3.13. The van der Waals surface area contributed by atoms with Crippen molar-refractivity contribution < 1.29 is 18.4 Å². The highest BCUT2D eigenvalue weighted by molar-refractivity contribution is 6.75. The number of benzene rings is 1. The second-order valence-corrected chi connectivity index (χ2v) is 5.63. The zero-order chi connectivity index (χ0) is 10.6. The summed E-state index contributed by atoms with van der Waals surface area (Å²) in [5.41, 5.74) is 0. The fraction of sp³-hybridized carbons (Fsp3) is 0.333. The Hall–Kier alpha value is -0.883. The smallest absolute Gasteiger partial charge is 0.508 e. The van der Waals surface area contributed by atoms with Gasteiger partial charge in [-0.3, -0.25) is 0 Å². The molecule has 0 atom stereocenters. The van der Waals surface area contributed by atoms with E-state index in [1.807, 2.05) is 6.07 Å². The lowest BCUT2D eigenvalue weighted by Gasteiger charge is -2.24. The van der Waals surface area contributed by atoms with Crippen molar-refractivity contribution in [3.8, 4) is 5.75 Å². The van der Waals surface area contributed by atoms with E-state index in [0.29, 0.717) is 0 Å². The number of phenols is 1. The van der Waals surface area contributed by atoms with Crippen LogP contribution >= 0.6 is 0 Å². The van der Waals surface area contributed by atoms with E-state index < -0.39 is 8.80 Å². The summed E-state index contributed by atoms with van der Waals surface area (Å²) in [5, 5.41) is 10.1. The lowest BCUT2D eigenvalue weighted by Crippen LogP contribution is -2.54. The van der Waals surface area contributed by atoms with Crippen LogP contribution in [-0.2, 0) is 13.3 Å². The maximum atomic E-state index is 9.32. The van der Waals surface area contributed by atoms with E-state index in [-0.39, 0.29) is 5.75 Å². The third-order valence-electron chi connectivity index (χ3n) is 2.01. The van der Waals surface area contributed by atoms with E-state index in [1.165, 1.54) is 21.3 Å². The maximum Gasteiger partial charge on any atom is 0.536 e. The molecule has 78 valence electrons. The van der Waals surface area contributed by atoms with Crippen LogP contribution in [0.2, 0.25) is 0 Å². The van der Waals surface area contributed by atoms with Crippen LogP contribution in [0.1, 0.15) is 0 Å². The molecule has 0 aliphatic heterocycles. The molecule has 5 heteroatoms. The molecular weight excluding hydrogens is 200 g/mol. The van der Waals surface area contributed by atoms with Crippen molar-refractivity contribution in [2.24, 2.45) is 0 Å². The highest BCUT2D eigenvalue weighted by Crippen LogP contribution is 2.11. The van der Waals surface area contributed by atoms with Gasteiger partial charge >= 0.3 is 8.80 Å². The summed E-state index contributed by atoms with van der Waals surface area (Å²) >= 11 is 0. The van der Waals surface area contributed by atoms with Gasteiger partial charge in [0, 0.05) is 26.5 Å². The first kappa shape index (κ1) is 11.2. The van der Waals surface area contributed by atoms with Crippen molar-refractivity contribution in [3.05, 3.63) is 24.3 Å². The summed E-state index contributed by atoms with van der Waals surface area (Å²) in [6.45, 7) is 0. The molecule has 1 aromatic rings. The van der Waals surface area contributed by atoms with Crippen molar-refractivity contribution in [1.29, 1.82) is 0 Å². The molecule has 0 bridgehead atoms. The molecule has 1 rings (SSSR count). The molecule has 0 aromatic heterocycles. The van der Waals surface area contributed by atoms with Crippen LogP contribution in [-0.4, -0.2) is 35.2 Å². The molecule has 14 heavy (non-hydrogen) atoms. The topological polar surface area (TPSA) is 47.9 Å². The first-order valence-electron chi connectivity index (χ1n) is 4.13. The lowest BCUT2D eigenvalue weighted by atomic mass is 10.3. The molecule has 0 aliphatic carbocycles. The van der Waals surface area contributed by atoms with Crippen LogP contribution in [0.25, 0.3) is 0 Å². The monoisotopic (exact) mass is 214 g/mol. The van der Waals surface area contributed by atoms with Gasteiger partial charge in [0.15, 0.2) is 0 Å². The second kappa shape index (κ2) is 4.56. The Morgan fingerprint density at radius 2 is 1.64 bits per heavy atom. The van der Waals surface area contributed by atoms with E-state index >= 15 is 0 Å². The van der Waals surface area contributed by atoms with Crippen molar-refractivity contribution >= 4 is 14.0 Å². The normalized spacial score (nSPS) is 11.6. The number of aromatic hydroxyl groups is 1. The minimum Gasteiger partial charge on any atom is -0.508 e. The van der Waals surface area contributed by atoms with Crippen molar-refractivity contribution in [3.63, 3.8) is 0 Å². The van der Waals surface area contributed by atoms with Crippen molar-refractivity contribution in [2.45, 2.75) is 0 Å². The zero-order valence-electron chi connectivity index (χ0n) is 8.48. The summed E-state index contributed by atoms with van der Waals surface area (Å²) in [6, 6.07) is 6.71. The van der Waals surface area contributed by atoms with Crippen LogP contribution in [0.4, 0.5) is 0 Å². The molecule has 0 amide bonds. The van der Waals surface area contributed by atoms with Crippen LogP contribution < -0.4 is 5.19 Å². The maximum absolute atomic E-state index is 9.32. The van der Waals surface area contributed by atoms with Gasteiger partial charge in [-0.15, -0.1) is 0 Å². The van der Waals surface area contributed by atoms with E-state index in [4.69, 9.17) is 13.3 Å². The molecule has 0 saturated heterocycles. The van der Waals surface area contributed by atoms with Gasteiger partial charge in [-0.05, 0) is 12.1 Å². The summed E-state index contributed by atoms with van der Waals surface area (Å²) in [7, 11) is 1.81. The molecule has 0 fully saturated rings. The quantitative estimate of drug-likeness (QED) is 0.740. The Morgan fingerprint density at radius 1 is 1.07 bits per heavy atom. The Labute approximate surface area is 84.4 Å². The predicted molar refractivity (Wildman–Crippen MR) is 54.5 cm³/mol. The molecule has 0 heterocycles. The fourth-order valence-electron chi connectivity index (χ4n) is 1.30. The predicted octanol–water partition coefficient (Wildman–Crippen LogP) is 0.477. The van der Waals surface area contributed by atoms with Gasteiger partial charge in [0.2, 0.25) is 0 Å². The van der Waals surface area contributed by atoms with Crippen molar-refractivity contribution in [2.75, 3.05) is 21.3 Å². The van der Waals surface area contributed by atoms with Gasteiger partial charge in [-0.25, -0.2) is 0 Å². The van der Waals surface area contributed by atoms with Gasteiger partial charge in [0.05, 0.1) is 0 Å². The highest BCUT2D eigenvalue weighted by Gasteiger charge is 2.40. The second-order valence-electron chi connectivity index (χ2n) is 2.72. The first-order chi connectivity index (χ1) is 6.68. The SMILES string of the molecule is CO[Si](OC)(OC)c1cccc(O)c1. The average molecular weight is 214 g/mol. The van der Waals surface area contributed by atoms with Crippen LogP contribution in [0.3, 0.4) is 0 Å². The number of hydrogen-bond donors (Lipinski definition) is 1. The van der Waals surface area contributed by atoms with Crippen LogP contribution in [0.15, 0.2) is 24.3 Å². The van der Waals surface area contributed by atoms with E-state index in [9.17, 15) is 5.11 Å². The molecule has 1 N–H and O–H groups in total. The Balaban J connectivity index is 3.10. The van der Waals surface area contributed by atoms with Gasteiger partial charge in [-0.1, -0.05) is 12.1 Å². The average Bonchev–Trinajstić information content (AvgIpc) is 2.22. The van der Waals surface area contributed by atoms with Gasteiger partial charge in [0.25, 0.3) is 0 Å². The molecule has 1 aromatic carbocycles. The summed E-state index contributed by atoms with van der Waals surface area (Å²) in [5.74, 6) is 0.172.